The molecule has 2 aromatic heterocycles. The molecule has 0 amide bonds. The van der Waals surface area contributed by atoms with Gasteiger partial charge in [-0.15, -0.1) is 4.09 Å². The van der Waals surface area contributed by atoms with Gasteiger partial charge in [0.05, 0.1) is 18.5 Å². The van der Waals surface area contributed by atoms with E-state index in [2.05, 4.69) is 10.1 Å². The maximum atomic E-state index is 11.1. The lowest BCUT2D eigenvalue weighted by Crippen LogP contribution is -2.29. The number of hydrogen-bond donors (Lipinski definition) is 2. The average molecular weight is 403 g/mol. The van der Waals surface area contributed by atoms with Crippen LogP contribution in [0.25, 0.3) is 11.1 Å². The largest absolute Gasteiger partial charge is 0.488 e. The molecule has 148 valence electrons. The Kier molecular flexibility index (Phi) is 6.08. The summed E-state index contributed by atoms with van der Waals surface area (Å²) in [6, 6.07) is 10.8. The van der Waals surface area contributed by atoms with E-state index in [4.69, 9.17) is 9.29 Å². The minimum absolute atomic E-state index is 0.398. The first-order chi connectivity index (χ1) is 13.3. The van der Waals surface area contributed by atoms with Crippen LogP contribution in [0.3, 0.4) is 0 Å². The molecule has 3 aromatic rings. The minimum atomic E-state index is -4.40. The first-order valence-corrected chi connectivity index (χ1v) is 10.1. The van der Waals surface area contributed by atoms with Gasteiger partial charge < -0.3 is 9.84 Å². The maximum absolute atomic E-state index is 11.1. The fourth-order valence-electron chi connectivity index (χ4n) is 2.69. The van der Waals surface area contributed by atoms with Gasteiger partial charge in [0.1, 0.15) is 11.9 Å². The molecule has 0 saturated carbocycles. The zero-order valence-corrected chi connectivity index (χ0v) is 16.0. The van der Waals surface area contributed by atoms with Crippen LogP contribution in [-0.4, -0.2) is 44.5 Å². The Balaban J connectivity index is 1.58. The third-order valence-corrected chi connectivity index (χ3v) is 4.97. The molecule has 0 aliphatic heterocycles. The second-order valence-corrected chi connectivity index (χ2v) is 7.66. The maximum Gasteiger partial charge on any atom is 0.379 e. The first kappa shape index (κ1) is 20.0. The van der Waals surface area contributed by atoms with Crippen molar-refractivity contribution < 1.29 is 22.8 Å². The molecule has 0 radical (unpaired) electrons. The van der Waals surface area contributed by atoms with Crippen molar-refractivity contribution in [1.82, 2.24) is 14.2 Å². The van der Waals surface area contributed by atoms with Crippen LogP contribution in [0.1, 0.15) is 18.9 Å². The Morgan fingerprint density at radius 2 is 1.89 bits per heavy atom. The average Bonchev–Trinajstić information content (AvgIpc) is 3.18. The molecule has 2 atom stereocenters. The molecule has 0 spiro atoms. The summed E-state index contributed by atoms with van der Waals surface area (Å²) in [4.78, 5) is 4.06. The Morgan fingerprint density at radius 1 is 1.14 bits per heavy atom. The highest BCUT2D eigenvalue weighted by Crippen LogP contribution is 2.23. The van der Waals surface area contributed by atoms with E-state index in [0.29, 0.717) is 33.8 Å². The van der Waals surface area contributed by atoms with E-state index in [0.717, 1.165) is 5.56 Å². The summed E-state index contributed by atoms with van der Waals surface area (Å²) < 4.78 is 37.4. The van der Waals surface area contributed by atoms with Gasteiger partial charge in [0, 0.05) is 18.0 Å². The molecule has 0 bridgehead atoms. The Labute approximate surface area is 163 Å². The van der Waals surface area contributed by atoms with Gasteiger partial charge in [-0.3, -0.25) is 9.54 Å². The van der Waals surface area contributed by atoms with Crippen LogP contribution >= 0.6 is 0 Å². The number of aliphatic hydroxyl groups excluding tert-OH is 1. The highest BCUT2D eigenvalue weighted by molar-refractivity contribution is 7.84. The fourth-order valence-corrected chi connectivity index (χ4v) is 3.11. The zero-order chi connectivity index (χ0) is 20.1. The standard InChI is InChI=1S/C19H21N3O5S/c1-14(19(23)9-4-15-3-2-10-20-11-15)27-18-7-5-16(6-8-18)17-12-21-22(13-17)28(24,25)26/h2-3,5-8,10-14,19,23H,4,9H2,1H3,(H,24,25,26). The summed E-state index contributed by atoms with van der Waals surface area (Å²) in [5, 5.41) is 13.9. The molecule has 2 heterocycles. The van der Waals surface area contributed by atoms with Crippen LogP contribution in [0.15, 0.2) is 61.2 Å². The van der Waals surface area contributed by atoms with E-state index < -0.39 is 22.5 Å². The predicted molar refractivity (Wildman–Crippen MR) is 103 cm³/mol. The van der Waals surface area contributed by atoms with E-state index in [1.54, 1.807) is 43.6 Å². The molecule has 2 N–H and O–H groups in total. The van der Waals surface area contributed by atoms with Crippen molar-refractivity contribution in [3.05, 3.63) is 66.7 Å². The van der Waals surface area contributed by atoms with Gasteiger partial charge in [0.2, 0.25) is 0 Å². The summed E-state index contributed by atoms with van der Waals surface area (Å²) in [7, 11) is -4.40. The molecular formula is C19H21N3O5S. The zero-order valence-electron chi connectivity index (χ0n) is 15.2. The Bertz CT molecular complexity index is 1000. The first-order valence-electron chi connectivity index (χ1n) is 8.69. The van der Waals surface area contributed by atoms with Crippen molar-refractivity contribution in [2.24, 2.45) is 0 Å². The normalized spacial score (nSPS) is 13.8. The number of ether oxygens (including phenoxy) is 1. The van der Waals surface area contributed by atoms with E-state index >= 15 is 0 Å². The molecule has 0 fully saturated rings. The lowest BCUT2D eigenvalue weighted by molar-refractivity contribution is 0.0420. The number of nitrogens with zero attached hydrogens (tertiary/aromatic N) is 3. The smallest absolute Gasteiger partial charge is 0.379 e. The lowest BCUT2D eigenvalue weighted by atomic mass is 10.1. The van der Waals surface area contributed by atoms with E-state index in [1.807, 2.05) is 12.1 Å². The van der Waals surface area contributed by atoms with Crippen molar-refractivity contribution in [2.45, 2.75) is 32.0 Å². The quantitative estimate of drug-likeness (QED) is 0.555. The van der Waals surface area contributed by atoms with Crippen LogP contribution in [-0.2, 0) is 16.7 Å². The number of aryl methyl sites for hydroxylation is 1. The molecule has 0 saturated heterocycles. The van der Waals surface area contributed by atoms with Gasteiger partial charge in [0.15, 0.2) is 0 Å². The topological polar surface area (TPSA) is 115 Å². The predicted octanol–water partition coefficient (Wildman–Crippen LogP) is 2.36. The van der Waals surface area contributed by atoms with E-state index in [1.165, 1.54) is 12.4 Å². The van der Waals surface area contributed by atoms with Gasteiger partial charge in [-0.1, -0.05) is 18.2 Å². The Morgan fingerprint density at radius 3 is 2.50 bits per heavy atom. The van der Waals surface area contributed by atoms with Crippen LogP contribution in [0.2, 0.25) is 0 Å². The summed E-state index contributed by atoms with van der Waals surface area (Å²) >= 11 is 0. The highest BCUT2D eigenvalue weighted by Gasteiger charge is 2.16. The number of rotatable bonds is 8. The molecular weight excluding hydrogens is 382 g/mol. The fraction of sp³-hybridized carbons (Fsp3) is 0.263. The van der Waals surface area contributed by atoms with E-state index in [-0.39, 0.29) is 0 Å². The SMILES string of the molecule is CC(Oc1ccc(-c2cnn(S(=O)(=O)O)c2)cc1)C(O)CCc1cccnc1. The number of benzene rings is 1. The molecule has 8 nitrogen and oxygen atoms in total. The van der Waals surface area contributed by atoms with Gasteiger partial charge >= 0.3 is 10.3 Å². The summed E-state index contributed by atoms with van der Waals surface area (Å²) in [6.45, 7) is 1.80. The van der Waals surface area contributed by atoms with Crippen molar-refractivity contribution in [1.29, 1.82) is 0 Å². The summed E-state index contributed by atoms with van der Waals surface area (Å²) in [5.41, 5.74) is 2.31. The van der Waals surface area contributed by atoms with Crippen molar-refractivity contribution in [3.63, 3.8) is 0 Å². The van der Waals surface area contributed by atoms with Crippen LogP contribution in [0.5, 0.6) is 5.75 Å². The summed E-state index contributed by atoms with van der Waals surface area (Å²) in [5.74, 6) is 0.582. The van der Waals surface area contributed by atoms with Crippen LogP contribution in [0, 0.1) is 0 Å². The molecule has 0 aliphatic carbocycles. The highest BCUT2D eigenvalue weighted by atomic mass is 32.2. The third-order valence-electron chi connectivity index (χ3n) is 4.30. The number of pyridine rings is 1. The van der Waals surface area contributed by atoms with Crippen molar-refractivity contribution >= 4 is 10.3 Å². The minimum Gasteiger partial charge on any atom is -0.488 e. The lowest BCUT2D eigenvalue weighted by Gasteiger charge is -2.20. The number of aliphatic hydroxyl groups is 1. The second kappa shape index (κ2) is 8.51. The Hall–Kier alpha value is -2.75. The monoisotopic (exact) mass is 403 g/mol. The van der Waals surface area contributed by atoms with E-state index in [9.17, 15) is 13.5 Å². The number of aromatic nitrogens is 3. The third kappa shape index (κ3) is 5.16. The molecule has 0 aliphatic rings. The molecule has 9 heteroatoms. The van der Waals surface area contributed by atoms with Gasteiger partial charge in [0.25, 0.3) is 0 Å². The van der Waals surface area contributed by atoms with Crippen LogP contribution < -0.4 is 4.74 Å². The van der Waals surface area contributed by atoms with Gasteiger partial charge in [-0.25, -0.2) is 0 Å². The van der Waals surface area contributed by atoms with Gasteiger partial charge in [-0.2, -0.15) is 13.5 Å². The van der Waals surface area contributed by atoms with Gasteiger partial charge in [-0.05, 0) is 49.1 Å². The molecule has 2 unspecified atom stereocenters. The van der Waals surface area contributed by atoms with Crippen LogP contribution in [0.4, 0.5) is 0 Å². The number of hydrogen-bond acceptors (Lipinski definition) is 6. The van der Waals surface area contributed by atoms with Crippen molar-refractivity contribution in [2.75, 3.05) is 0 Å². The second-order valence-electron chi connectivity index (χ2n) is 6.39. The van der Waals surface area contributed by atoms with Crippen molar-refractivity contribution in [3.8, 4) is 16.9 Å². The molecule has 1 aromatic carbocycles. The molecule has 28 heavy (non-hydrogen) atoms. The summed E-state index contributed by atoms with van der Waals surface area (Å²) in [6.07, 6.45) is 6.28. The molecule has 3 rings (SSSR count).